The standard InChI is InChI=1S/C26H20O2/c1-3-11-19(12-4-1)27-25-21-15-7-9-17-23(21)26(24-18-10-8-16-22(24)25)28-20-13-5-2-6-14-20/h1-15,17H,16,18H2. The summed E-state index contributed by atoms with van der Waals surface area (Å²) in [6.07, 6.45) is 6.10. The molecule has 0 atom stereocenters. The molecule has 0 saturated carbocycles. The molecule has 2 nitrogen and oxygen atoms in total. The SMILES string of the molecule is C1=CCc2c(c(Oc3ccccc3)c3ccccc3c2Oc2ccccc2)C1. The van der Waals surface area contributed by atoms with Crippen molar-refractivity contribution in [3.63, 3.8) is 0 Å². The summed E-state index contributed by atoms with van der Waals surface area (Å²) in [5, 5.41) is 2.15. The Morgan fingerprint density at radius 2 is 0.857 bits per heavy atom. The second kappa shape index (κ2) is 7.24. The van der Waals surface area contributed by atoms with Crippen LogP contribution in [0.2, 0.25) is 0 Å². The van der Waals surface area contributed by atoms with E-state index in [4.69, 9.17) is 9.47 Å². The van der Waals surface area contributed by atoms with Crippen LogP contribution in [0.4, 0.5) is 0 Å². The van der Waals surface area contributed by atoms with Crippen molar-refractivity contribution < 1.29 is 9.47 Å². The molecule has 4 aromatic rings. The first-order chi connectivity index (χ1) is 13.9. The highest BCUT2D eigenvalue weighted by atomic mass is 16.5. The van der Waals surface area contributed by atoms with E-state index in [9.17, 15) is 0 Å². The molecular weight excluding hydrogens is 344 g/mol. The minimum Gasteiger partial charge on any atom is -0.456 e. The Morgan fingerprint density at radius 1 is 0.464 bits per heavy atom. The zero-order valence-corrected chi connectivity index (χ0v) is 15.5. The maximum atomic E-state index is 6.41. The van der Waals surface area contributed by atoms with Crippen LogP contribution in [0, 0.1) is 0 Å². The van der Waals surface area contributed by atoms with E-state index in [1.165, 1.54) is 11.1 Å². The van der Waals surface area contributed by atoms with Crippen LogP contribution in [0.25, 0.3) is 10.8 Å². The lowest BCUT2D eigenvalue weighted by atomic mass is 9.90. The molecule has 28 heavy (non-hydrogen) atoms. The minimum absolute atomic E-state index is 0.841. The van der Waals surface area contributed by atoms with Gasteiger partial charge in [-0.3, -0.25) is 0 Å². The zero-order chi connectivity index (χ0) is 18.8. The van der Waals surface area contributed by atoms with E-state index in [1.807, 2.05) is 60.7 Å². The van der Waals surface area contributed by atoms with Crippen molar-refractivity contribution in [2.24, 2.45) is 0 Å². The first-order valence-corrected chi connectivity index (χ1v) is 9.57. The lowest BCUT2D eigenvalue weighted by molar-refractivity contribution is 0.468. The number of hydrogen-bond donors (Lipinski definition) is 0. The van der Waals surface area contributed by atoms with E-state index in [0.29, 0.717) is 0 Å². The number of hydrogen-bond acceptors (Lipinski definition) is 2. The molecule has 0 saturated heterocycles. The van der Waals surface area contributed by atoms with Crippen molar-refractivity contribution in [1.82, 2.24) is 0 Å². The molecule has 0 unspecified atom stereocenters. The highest BCUT2D eigenvalue weighted by Crippen LogP contribution is 2.45. The Kier molecular flexibility index (Phi) is 4.30. The van der Waals surface area contributed by atoms with Crippen LogP contribution in [-0.2, 0) is 12.8 Å². The van der Waals surface area contributed by atoms with Gasteiger partial charge in [-0.15, -0.1) is 0 Å². The monoisotopic (exact) mass is 364 g/mol. The third kappa shape index (κ3) is 3.03. The molecule has 0 aromatic heterocycles. The molecule has 5 rings (SSSR count). The maximum Gasteiger partial charge on any atom is 0.139 e. The van der Waals surface area contributed by atoms with Gasteiger partial charge in [-0.05, 0) is 37.1 Å². The van der Waals surface area contributed by atoms with Crippen molar-refractivity contribution in [3.05, 3.63) is 108 Å². The second-order valence-electron chi connectivity index (χ2n) is 6.87. The van der Waals surface area contributed by atoms with Crippen LogP contribution >= 0.6 is 0 Å². The number of rotatable bonds is 4. The van der Waals surface area contributed by atoms with Gasteiger partial charge in [0, 0.05) is 21.9 Å². The summed E-state index contributed by atoms with van der Waals surface area (Å²) in [6, 6.07) is 28.3. The number of ether oxygens (including phenoxy) is 2. The fourth-order valence-corrected chi connectivity index (χ4v) is 3.76. The molecule has 0 N–H and O–H groups in total. The van der Waals surface area contributed by atoms with Gasteiger partial charge in [0.25, 0.3) is 0 Å². The molecule has 136 valence electrons. The summed E-state index contributed by atoms with van der Waals surface area (Å²) in [5.74, 6) is 3.56. The fourth-order valence-electron chi connectivity index (χ4n) is 3.76. The quantitative estimate of drug-likeness (QED) is 0.360. The van der Waals surface area contributed by atoms with Crippen molar-refractivity contribution in [2.45, 2.75) is 12.8 Å². The molecule has 0 fully saturated rings. The normalized spacial score (nSPS) is 12.6. The van der Waals surface area contributed by atoms with Gasteiger partial charge in [0.15, 0.2) is 0 Å². The van der Waals surface area contributed by atoms with Gasteiger partial charge in [0.05, 0.1) is 0 Å². The molecule has 1 aliphatic carbocycles. The third-order valence-corrected chi connectivity index (χ3v) is 5.07. The molecule has 4 aromatic carbocycles. The molecule has 1 aliphatic rings. The summed E-state index contributed by atoms with van der Waals surface area (Å²) >= 11 is 0. The van der Waals surface area contributed by atoms with Crippen molar-refractivity contribution in [3.8, 4) is 23.0 Å². The van der Waals surface area contributed by atoms with E-state index in [0.717, 1.165) is 46.6 Å². The van der Waals surface area contributed by atoms with E-state index in [2.05, 4.69) is 36.4 Å². The summed E-state index contributed by atoms with van der Waals surface area (Å²) in [6.45, 7) is 0. The molecule has 0 aliphatic heterocycles. The van der Waals surface area contributed by atoms with Crippen molar-refractivity contribution in [2.75, 3.05) is 0 Å². The lowest BCUT2D eigenvalue weighted by Crippen LogP contribution is -2.05. The Bertz CT molecular complexity index is 1050. The van der Waals surface area contributed by atoms with Gasteiger partial charge in [-0.1, -0.05) is 72.8 Å². The maximum absolute atomic E-state index is 6.41. The first kappa shape index (κ1) is 16.6. The van der Waals surface area contributed by atoms with Gasteiger partial charge in [-0.2, -0.15) is 0 Å². The Morgan fingerprint density at radius 3 is 1.29 bits per heavy atom. The Labute approximate surface area is 164 Å². The number of para-hydroxylation sites is 2. The lowest BCUT2D eigenvalue weighted by Gasteiger charge is -2.23. The molecular formula is C26H20O2. The zero-order valence-electron chi connectivity index (χ0n) is 15.5. The van der Waals surface area contributed by atoms with Gasteiger partial charge in [-0.25, -0.2) is 0 Å². The predicted molar refractivity (Wildman–Crippen MR) is 114 cm³/mol. The molecule has 0 spiro atoms. The summed E-state index contributed by atoms with van der Waals surface area (Å²) < 4.78 is 12.8. The smallest absolute Gasteiger partial charge is 0.139 e. The largest absolute Gasteiger partial charge is 0.456 e. The summed E-state index contributed by atoms with van der Waals surface area (Å²) in [4.78, 5) is 0. The van der Waals surface area contributed by atoms with Gasteiger partial charge < -0.3 is 9.47 Å². The van der Waals surface area contributed by atoms with Gasteiger partial charge in [0.1, 0.15) is 23.0 Å². The minimum atomic E-state index is 0.841. The van der Waals surface area contributed by atoms with Gasteiger partial charge >= 0.3 is 0 Å². The van der Waals surface area contributed by atoms with Crippen LogP contribution in [0.1, 0.15) is 11.1 Å². The number of benzene rings is 4. The first-order valence-electron chi connectivity index (χ1n) is 9.57. The number of fused-ring (bicyclic) bond motifs is 2. The number of allylic oxidation sites excluding steroid dienone is 2. The Hall–Kier alpha value is -3.52. The van der Waals surface area contributed by atoms with Crippen LogP contribution < -0.4 is 9.47 Å². The van der Waals surface area contributed by atoms with E-state index in [1.54, 1.807) is 0 Å². The average molecular weight is 364 g/mol. The predicted octanol–water partition coefficient (Wildman–Crippen LogP) is 7.08. The Balaban J connectivity index is 1.72. The molecule has 0 bridgehead atoms. The van der Waals surface area contributed by atoms with Crippen LogP contribution in [0.3, 0.4) is 0 Å². The topological polar surface area (TPSA) is 18.5 Å². The van der Waals surface area contributed by atoms with Crippen molar-refractivity contribution >= 4 is 10.8 Å². The molecule has 0 amide bonds. The second-order valence-corrected chi connectivity index (χ2v) is 6.87. The van der Waals surface area contributed by atoms with E-state index in [-0.39, 0.29) is 0 Å². The van der Waals surface area contributed by atoms with E-state index < -0.39 is 0 Å². The van der Waals surface area contributed by atoms with Crippen LogP contribution in [0.5, 0.6) is 23.0 Å². The molecule has 0 heterocycles. The highest BCUT2D eigenvalue weighted by molar-refractivity contribution is 5.97. The van der Waals surface area contributed by atoms with E-state index >= 15 is 0 Å². The highest BCUT2D eigenvalue weighted by Gasteiger charge is 2.22. The third-order valence-electron chi connectivity index (χ3n) is 5.07. The van der Waals surface area contributed by atoms with Crippen LogP contribution in [0.15, 0.2) is 97.1 Å². The summed E-state index contributed by atoms with van der Waals surface area (Å²) in [7, 11) is 0. The fraction of sp³-hybridized carbons (Fsp3) is 0.0769. The molecule has 2 heteroatoms. The molecule has 0 radical (unpaired) electrons. The van der Waals surface area contributed by atoms with Gasteiger partial charge in [0.2, 0.25) is 0 Å². The summed E-state index contributed by atoms with van der Waals surface area (Å²) in [5.41, 5.74) is 2.41. The average Bonchev–Trinajstić information content (AvgIpc) is 2.77. The van der Waals surface area contributed by atoms with Crippen molar-refractivity contribution in [1.29, 1.82) is 0 Å². The van der Waals surface area contributed by atoms with Crippen LogP contribution in [-0.4, -0.2) is 0 Å².